The number of carboxylic acid groups (broad SMARTS) is 2. The average molecular weight is 1320 g/mol. The number of nitrogens with one attached hydrogen (secondary N) is 5. The summed E-state index contributed by atoms with van der Waals surface area (Å²) in [6.45, 7) is -0.239. The number of thiophene rings is 1. The van der Waals surface area contributed by atoms with E-state index >= 15 is 4.79 Å². The zero-order valence-electron chi connectivity index (χ0n) is 52.3. The Kier molecular flexibility index (Phi) is 28.1. The van der Waals surface area contributed by atoms with Crippen molar-refractivity contribution >= 4 is 88.4 Å². The molecule has 4 aliphatic heterocycles. The van der Waals surface area contributed by atoms with Crippen molar-refractivity contribution in [2.75, 3.05) is 45.9 Å². The number of nitrogens with zero attached hydrogens (tertiary/aromatic N) is 6. The monoisotopic (exact) mass is 1320 g/mol. The molecule has 12 atom stereocenters. The molecule has 3 saturated heterocycles. The number of fused-ring (bicyclic) bond motifs is 2. The number of carbonyl (C=O) groups is 11. The van der Waals surface area contributed by atoms with Gasteiger partial charge in [0.1, 0.15) is 48.3 Å². The molecule has 1 aromatic carbocycles. The largest absolute Gasteiger partial charge is 0.481 e. The molecule has 0 unspecified atom stereocenters. The highest BCUT2D eigenvalue weighted by Gasteiger charge is 2.52. The van der Waals surface area contributed by atoms with Crippen LogP contribution < -0.4 is 61.0 Å². The third-order valence-electron chi connectivity index (χ3n) is 17.2. The molecule has 21 N–H and O–H groups in total. The lowest BCUT2D eigenvalue weighted by Crippen LogP contribution is -2.63. The first kappa shape index (κ1) is 73.5. The number of carbonyl (C=O) groups excluding carboxylic acids is 9. The minimum atomic E-state index is -1.65. The molecular formula is C60H91N17O15S. The second-order valence-corrected chi connectivity index (χ2v) is 25.0. The Balaban J connectivity index is 0.00000333. The highest BCUT2D eigenvalue weighted by atomic mass is 32.1. The van der Waals surface area contributed by atoms with Gasteiger partial charge in [-0.05, 0) is 106 Å². The van der Waals surface area contributed by atoms with E-state index < -0.39 is 139 Å². The Hall–Kier alpha value is -8.53. The van der Waals surface area contributed by atoms with Gasteiger partial charge in [-0.3, -0.25) is 57.9 Å². The standard InChI is InChI=1S/C58H87N17O13S.C2H4O2/c59-19-5-15-39(56(87)88)70-51(82)45-25-33-11-3-4-17-42(33)75(45)55(86)46-24-32-10-1-2-12-34(32)29-73(46)53(84)41(31-76)71-49(80)40(27-36-13-9-23-89-36)68-47(78)28-67-50(81)44-26-35(77)30-74(44)54(85)43-18-8-22-72(43)52(83)38(16-7-21-66-58(63)64)69-48(79)37(60)14-6-20-65-57(61)62;1-2(3)4/h1-2,9-10,12-13,23,33,35,37-46,76-77H,3-8,11,14-22,24-31,59-60H2,(H,67,81)(H,68,78)(H,69,79)(H,70,82)(H,71,80)(H,87,88)(H4,61,62,65)(H4,63,64,66);1H3,(H,3,4)/t33-,35+,37+,38-,39-,40-,41-,42-,43-,44-,45-,46+;/m0./s1. The molecule has 4 fully saturated rings. The molecule has 0 spiro atoms. The van der Waals surface area contributed by atoms with Gasteiger partial charge in [-0.1, -0.05) is 43.2 Å². The van der Waals surface area contributed by atoms with Crippen molar-refractivity contribution in [3.05, 3.63) is 57.8 Å². The molecule has 2 aromatic rings. The number of aliphatic imine (C=N–C) groups is 2. The summed E-state index contributed by atoms with van der Waals surface area (Å²) in [6.07, 6.45) is 3.78. The van der Waals surface area contributed by atoms with Gasteiger partial charge in [-0.2, -0.15) is 0 Å². The maximum absolute atomic E-state index is 15.3. The number of rotatable bonds is 29. The number of nitrogens with two attached hydrogens (primary N) is 6. The number of β-amino-alcohol motifs (C(OH)–C–C–N with tert-alkyl or cyclic N) is 1. The lowest BCUT2D eigenvalue weighted by atomic mass is 9.84. The first-order valence-electron chi connectivity index (χ1n) is 31.4. The predicted octanol–water partition coefficient (Wildman–Crippen LogP) is -4.25. The van der Waals surface area contributed by atoms with E-state index in [1.54, 1.807) is 35.7 Å². The molecule has 1 aromatic heterocycles. The molecule has 1 aliphatic carbocycles. The second kappa shape index (κ2) is 35.5. The van der Waals surface area contributed by atoms with Crippen molar-refractivity contribution in [2.24, 2.45) is 50.3 Å². The van der Waals surface area contributed by atoms with Gasteiger partial charge < -0.3 is 101 Å². The summed E-state index contributed by atoms with van der Waals surface area (Å²) >= 11 is 1.28. The van der Waals surface area contributed by atoms with E-state index in [2.05, 4.69) is 36.6 Å². The number of hydrogen-bond acceptors (Lipinski definition) is 18. The summed E-state index contributed by atoms with van der Waals surface area (Å²) in [5.74, 6) is -8.81. The van der Waals surface area contributed by atoms with Crippen LogP contribution in [0.25, 0.3) is 0 Å². The Morgan fingerprint density at radius 2 is 1.31 bits per heavy atom. The summed E-state index contributed by atoms with van der Waals surface area (Å²) in [5.41, 5.74) is 35.1. The van der Waals surface area contributed by atoms with Crippen molar-refractivity contribution < 1.29 is 73.2 Å². The van der Waals surface area contributed by atoms with Crippen LogP contribution in [0.1, 0.15) is 113 Å². The second-order valence-electron chi connectivity index (χ2n) is 23.9. The highest BCUT2D eigenvalue weighted by molar-refractivity contribution is 7.09. The lowest BCUT2D eigenvalue weighted by Gasteiger charge is -2.42. The Morgan fingerprint density at radius 3 is 1.96 bits per heavy atom. The van der Waals surface area contributed by atoms with Crippen LogP contribution in [0.3, 0.4) is 0 Å². The van der Waals surface area contributed by atoms with E-state index in [1.165, 1.54) is 26.0 Å². The SMILES string of the molecule is CC(=O)O.NCCC[C@H](NC(=O)[C@@H]1C[C@@H]2CCCC[C@@H]2N1C(=O)[C@H]1Cc2ccccc2CN1C(=O)[C@H](CO)NC(=O)[C@H](Cc1cccs1)NC(=O)CNC(=O)[C@@H]1C[C@@H](O)CN1C(=O)[C@@H]1CCCN1C(=O)[C@H](CCCN=C(N)N)NC(=O)[C@H](N)CCCN=C(N)N)C(=O)O. The average Bonchev–Trinajstić information content (AvgIpc) is 1.72. The van der Waals surface area contributed by atoms with Gasteiger partial charge in [0.15, 0.2) is 11.9 Å². The number of hydrogen-bond donors (Lipinski definition) is 15. The minimum Gasteiger partial charge on any atom is -0.481 e. The summed E-state index contributed by atoms with van der Waals surface area (Å²) in [5, 5.41) is 54.0. The molecule has 512 valence electrons. The molecule has 93 heavy (non-hydrogen) atoms. The molecule has 1 saturated carbocycles. The Bertz CT molecular complexity index is 3020. The third-order valence-corrected chi connectivity index (χ3v) is 18.1. The van der Waals surface area contributed by atoms with E-state index in [-0.39, 0.29) is 115 Å². The van der Waals surface area contributed by atoms with Crippen molar-refractivity contribution in [3.63, 3.8) is 0 Å². The van der Waals surface area contributed by atoms with Crippen molar-refractivity contribution in [1.29, 1.82) is 0 Å². The van der Waals surface area contributed by atoms with Crippen LogP contribution in [0.5, 0.6) is 0 Å². The first-order valence-corrected chi connectivity index (χ1v) is 32.3. The smallest absolute Gasteiger partial charge is 0.326 e. The summed E-state index contributed by atoms with van der Waals surface area (Å²) in [7, 11) is 0. The summed E-state index contributed by atoms with van der Waals surface area (Å²) < 4.78 is 0. The highest BCUT2D eigenvalue weighted by Crippen LogP contribution is 2.41. The van der Waals surface area contributed by atoms with Crippen molar-refractivity contribution in [1.82, 2.24) is 46.2 Å². The van der Waals surface area contributed by atoms with E-state index in [0.29, 0.717) is 42.5 Å². The van der Waals surface area contributed by atoms with Gasteiger partial charge >= 0.3 is 5.97 Å². The molecule has 32 nitrogen and oxygen atoms in total. The molecule has 9 amide bonds. The quantitative estimate of drug-likeness (QED) is 0.0208. The number of likely N-dealkylation sites (tertiary alicyclic amines) is 3. The molecule has 0 radical (unpaired) electrons. The number of amides is 9. The van der Waals surface area contributed by atoms with Crippen molar-refractivity contribution in [3.8, 4) is 0 Å². The zero-order valence-corrected chi connectivity index (χ0v) is 53.1. The maximum Gasteiger partial charge on any atom is 0.326 e. The number of benzene rings is 1. The number of carboxylic acids is 2. The van der Waals surface area contributed by atoms with Gasteiger partial charge in [0.25, 0.3) is 5.97 Å². The Morgan fingerprint density at radius 1 is 0.667 bits per heavy atom. The van der Waals surface area contributed by atoms with Gasteiger partial charge in [-0.15, -0.1) is 11.3 Å². The van der Waals surface area contributed by atoms with Crippen LogP contribution in [0.15, 0.2) is 51.8 Å². The first-order chi connectivity index (χ1) is 44.3. The van der Waals surface area contributed by atoms with E-state index in [1.807, 2.05) is 6.07 Å². The zero-order chi connectivity index (χ0) is 68.1. The van der Waals surface area contributed by atoms with E-state index in [4.69, 9.17) is 44.3 Å². The summed E-state index contributed by atoms with van der Waals surface area (Å²) in [4.78, 5) is 164. The lowest BCUT2D eigenvalue weighted by molar-refractivity contribution is -0.153. The number of guanidine groups is 2. The normalized spacial score (nSPS) is 22.1. The van der Waals surface area contributed by atoms with Gasteiger partial charge in [0.05, 0.1) is 25.3 Å². The van der Waals surface area contributed by atoms with Gasteiger partial charge in [-0.25, -0.2) is 4.79 Å². The van der Waals surface area contributed by atoms with E-state index in [9.17, 15) is 58.5 Å². The number of aliphatic hydroxyl groups is 2. The molecule has 5 heterocycles. The maximum atomic E-state index is 15.3. The molecular weight excluding hydrogens is 1230 g/mol. The van der Waals surface area contributed by atoms with Crippen LogP contribution in [0.4, 0.5) is 0 Å². The Labute approximate surface area is 542 Å². The fourth-order valence-electron chi connectivity index (χ4n) is 12.7. The van der Waals surface area contributed by atoms with Crippen LogP contribution in [-0.4, -0.2) is 229 Å². The fraction of sp³-hybridized carbons (Fsp3) is 0.617. The van der Waals surface area contributed by atoms with Crippen LogP contribution >= 0.6 is 11.3 Å². The van der Waals surface area contributed by atoms with Crippen LogP contribution in [0.2, 0.25) is 0 Å². The minimum absolute atomic E-state index is 0.0309. The summed E-state index contributed by atoms with van der Waals surface area (Å²) in [6, 6.07) is -0.801. The number of aliphatic hydroxyl groups excluding tert-OH is 2. The molecule has 0 bridgehead atoms. The number of aliphatic carboxylic acids is 2. The van der Waals surface area contributed by atoms with Gasteiger partial charge in [0, 0.05) is 69.8 Å². The fourth-order valence-corrected chi connectivity index (χ4v) is 13.5. The van der Waals surface area contributed by atoms with Crippen LogP contribution in [-0.2, 0) is 72.1 Å². The topological polar surface area (TPSA) is 523 Å². The molecule has 5 aliphatic rings. The van der Waals surface area contributed by atoms with E-state index in [0.717, 1.165) is 36.6 Å². The third kappa shape index (κ3) is 20.7. The van der Waals surface area contributed by atoms with Crippen LogP contribution in [0, 0.1) is 5.92 Å². The van der Waals surface area contributed by atoms with Crippen molar-refractivity contribution in [2.45, 2.75) is 183 Å². The molecule has 7 rings (SSSR count). The predicted molar refractivity (Wildman–Crippen MR) is 339 cm³/mol. The molecule has 33 heteroatoms. The van der Waals surface area contributed by atoms with Gasteiger partial charge in [0.2, 0.25) is 53.2 Å².